The summed E-state index contributed by atoms with van der Waals surface area (Å²) < 4.78 is 6.37. The number of aromatic amines is 1. The van der Waals surface area contributed by atoms with Gasteiger partial charge in [-0.2, -0.15) is 0 Å². The first-order chi connectivity index (χ1) is 16.1. The molecule has 3 aromatic heterocycles. The van der Waals surface area contributed by atoms with Crippen LogP contribution in [-0.4, -0.2) is 27.3 Å². The highest BCUT2D eigenvalue weighted by Crippen LogP contribution is 2.46. The van der Waals surface area contributed by atoms with E-state index in [4.69, 9.17) is 4.74 Å². The van der Waals surface area contributed by atoms with Crippen LogP contribution < -0.4 is 10.1 Å². The fourth-order valence-corrected chi connectivity index (χ4v) is 4.57. The number of aromatic nitrogens is 3. The van der Waals surface area contributed by atoms with Gasteiger partial charge >= 0.3 is 0 Å². The molecule has 1 fully saturated rings. The van der Waals surface area contributed by atoms with Crippen LogP contribution in [0.3, 0.4) is 0 Å². The van der Waals surface area contributed by atoms with E-state index in [1.807, 2.05) is 37.4 Å². The molecule has 6 rings (SSSR count). The Morgan fingerprint density at radius 1 is 1.09 bits per heavy atom. The highest BCUT2D eigenvalue weighted by Gasteiger charge is 2.44. The summed E-state index contributed by atoms with van der Waals surface area (Å²) >= 11 is 0. The van der Waals surface area contributed by atoms with Crippen LogP contribution in [0, 0.1) is 5.41 Å². The molecule has 1 saturated carbocycles. The third-order valence-corrected chi connectivity index (χ3v) is 6.97. The molecular weight excluding hydrogens is 412 g/mol. The number of Topliss-reactive ketones (excluding diaryl/α,β-unsaturated/α-hetero) is 1. The van der Waals surface area contributed by atoms with Crippen molar-refractivity contribution in [2.24, 2.45) is 5.41 Å². The Bertz CT molecular complexity index is 1370. The monoisotopic (exact) mass is 438 g/mol. The Kier molecular flexibility index (Phi) is 4.76. The molecule has 2 N–H and O–H groups in total. The largest absolute Gasteiger partial charge is 0.457 e. The maximum Gasteiger partial charge on any atom is 0.144 e. The van der Waals surface area contributed by atoms with E-state index in [1.54, 1.807) is 12.4 Å². The number of carbonyl (C=O) groups excluding carboxylic acids is 1. The zero-order chi connectivity index (χ0) is 22.4. The summed E-state index contributed by atoms with van der Waals surface area (Å²) in [6, 6.07) is 12.2. The van der Waals surface area contributed by atoms with Gasteiger partial charge in [0.1, 0.15) is 22.9 Å². The van der Waals surface area contributed by atoms with Gasteiger partial charge in [-0.05, 0) is 72.8 Å². The summed E-state index contributed by atoms with van der Waals surface area (Å²) in [7, 11) is 0. The second-order valence-corrected chi connectivity index (χ2v) is 9.39. The van der Waals surface area contributed by atoms with Crippen LogP contribution in [-0.2, 0) is 24.2 Å². The fourth-order valence-electron chi connectivity index (χ4n) is 4.57. The van der Waals surface area contributed by atoms with Gasteiger partial charge in [-0.15, -0.1) is 0 Å². The van der Waals surface area contributed by atoms with Crippen LogP contribution in [0.5, 0.6) is 11.5 Å². The summed E-state index contributed by atoms with van der Waals surface area (Å²) in [5, 5.41) is 4.34. The molecule has 0 saturated heterocycles. The Labute approximate surface area is 192 Å². The lowest BCUT2D eigenvalue weighted by atomic mass is 9.98. The molecule has 4 aromatic rings. The Morgan fingerprint density at radius 3 is 2.85 bits per heavy atom. The molecule has 0 unspecified atom stereocenters. The van der Waals surface area contributed by atoms with Crippen molar-refractivity contribution < 1.29 is 9.53 Å². The molecule has 1 aliphatic carbocycles. The lowest BCUT2D eigenvalue weighted by Crippen LogP contribution is -2.23. The van der Waals surface area contributed by atoms with Crippen molar-refractivity contribution in [3.8, 4) is 22.6 Å². The summed E-state index contributed by atoms with van der Waals surface area (Å²) in [6.45, 7) is 3.93. The van der Waals surface area contributed by atoms with Gasteiger partial charge < -0.3 is 15.0 Å². The van der Waals surface area contributed by atoms with Crippen LogP contribution in [0.2, 0.25) is 0 Å². The molecule has 6 nitrogen and oxygen atoms in total. The number of H-pyrrole nitrogens is 1. The second-order valence-electron chi connectivity index (χ2n) is 9.39. The van der Waals surface area contributed by atoms with E-state index in [0.717, 1.165) is 71.7 Å². The van der Waals surface area contributed by atoms with E-state index in [9.17, 15) is 4.79 Å². The highest BCUT2D eigenvalue weighted by molar-refractivity contribution is 5.98. The number of nitrogens with zero attached hydrogens (tertiary/aromatic N) is 2. The first kappa shape index (κ1) is 20.1. The average Bonchev–Trinajstić information content (AvgIpc) is 3.44. The normalized spacial score (nSPS) is 16.4. The van der Waals surface area contributed by atoms with Gasteiger partial charge in [-0.1, -0.05) is 13.0 Å². The lowest BCUT2D eigenvalue weighted by molar-refractivity contribution is -0.122. The Morgan fingerprint density at radius 2 is 1.97 bits per heavy atom. The van der Waals surface area contributed by atoms with Crippen LogP contribution in [0.1, 0.15) is 36.6 Å². The summed E-state index contributed by atoms with van der Waals surface area (Å²) in [6.07, 6.45) is 8.87. The molecule has 33 heavy (non-hydrogen) atoms. The second kappa shape index (κ2) is 7.81. The molecule has 0 radical (unpaired) electrons. The first-order valence-corrected chi connectivity index (χ1v) is 11.5. The maximum absolute atomic E-state index is 12.6. The highest BCUT2D eigenvalue weighted by atomic mass is 16.5. The van der Waals surface area contributed by atoms with E-state index >= 15 is 0 Å². The minimum absolute atomic E-state index is 0.145. The third-order valence-electron chi connectivity index (χ3n) is 6.97. The minimum atomic E-state index is -0.145. The number of nitrogens with one attached hydrogen (secondary N) is 2. The van der Waals surface area contributed by atoms with Crippen molar-refractivity contribution in [1.82, 2.24) is 20.3 Å². The zero-order valence-electron chi connectivity index (χ0n) is 18.6. The molecule has 2 aliphatic rings. The number of pyridine rings is 2. The number of rotatable bonds is 6. The van der Waals surface area contributed by atoms with Crippen molar-refractivity contribution in [3.63, 3.8) is 0 Å². The molecule has 1 aromatic carbocycles. The molecule has 1 aliphatic heterocycles. The van der Waals surface area contributed by atoms with Gasteiger partial charge in [0.15, 0.2) is 0 Å². The van der Waals surface area contributed by atoms with Gasteiger partial charge in [0, 0.05) is 48.2 Å². The third kappa shape index (κ3) is 3.80. The fraction of sp³-hybridized carbons (Fsp3) is 0.296. The van der Waals surface area contributed by atoms with E-state index < -0.39 is 0 Å². The quantitative estimate of drug-likeness (QED) is 0.444. The zero-order valence-corrected chi connectivity index (χ0v) is 18.6. The molecule has 0 atom stereocenters. The van der Waals surface area contributed by atoms with Crippen molar-refractivity contribution in [3.05, 3.63) is 71.8 Å². The minimum Gasteiger partial charge on any atom is -0.457 e. The van der Waals surface area contributed by atoms with Crippen LogP contribution in [0.25, 0.3) is 22.2 Å². The SMILES string of the molecule is CC1(C(=O)Cc2cc(-c3c[nH]c4nccc(Oc5ccc6c(c5)CNCC6)c34)ccn2)CC1. The first-order valence-electron chi connectivity index (χ1n) is 11.5. The van der Waals surface area contributed by atoms with Gasteiger partial charge in [0.05, 0.1) is 5.39 Å². The van der Waals surface area contributed by atoms with Gasteiger partial charge in [0.2, 0.25) is 0 Å². The molecule has 0 spiro atoms. The molecule has 166 valence electrons. The van der Waals surface area contributed by atoms with Crippen molar-refractivity contribution in [2.45, 2.75) is 39.2 Å². The Balaban J connectivity index is 1.34. The molecule has 6 heteroatoms. The van der Waals surface area contributed by atoms with Gasteiger partial charge in [0.25, 0.3) is 0 Å². The molecular formula is C27H26N4O2. The van der Waals surface area contributed by atoms with Crippen LogP contribution in [0.4, 0.5) is 0 Å². The molecule has 0 amide bonds. The lowest BCUT2D eigenvalue weighted by Gasteiger charge is -2.18. The number of carbonyl (C=O) groups is 1. The van der Waals surface area contributed by atoms with Gasteiger partial charge in [-0.3, -0.25) is 9.78 Å². The average molecular weight is 439 g/mol. The standard InChI is InChI=1S/C27H26N4O2/c1-27(7-8-27)24(32)14-20-12-18(5-10-29-20)22-16-31-26-25(22)23(6-11-30-26)33-21-3-2-17-4-9-28-15-19(17)13-21/h2-3,5-6,10-13,16,28H,4,7-9,14-15H2,1H3,(H,30,31). The van der Waals surface area contributed by atoms with Crippen molar-refractivity contribution in [2.75, 3.05) is 6.54 Å². The summed E-state index contributed by atoms with van der Waals surface area (Å²) in [5.74, 6) is 1.84. The number of hydrogen-bond acceptors (Lipinski definition) is 5. The predicted molar refractivity (Wildman–Crippen MR) is 127 cm³/mol. The molecule has 4 heterocycles. The number of benzene rings is 1. The van der Waals surface area contributed by atoms with E-state index in [-0.39, 0.29) is 11.2 Å². The van der Waals surface area contributed by atoms with Crippen molar-refractivity contribution in [1.29, 1.82) is 0 Å². The van der Waals surface area contributed by atoms with E-state index in [1.165, 1.54) is 11.1 Å². The topological polar surface area (TPSA) is 79.9 Å². The van der Waals surface area contributed by atoms with Crippen molar-refractivity contribution >= 4 is 16.8 Å². The number of ketones is 1. The maximum atomic E-state index is 12.6. The van der Waals surface area contributed by atoms with E-state index in [0.29, 0.717) is 6.42 Å². The van der Waals surface area contributed by atoms with Crippen LogP contribution >= 0.6 is 0 Å². The van der Waals surface area contributed by atoms with E-state index in [2.05, 4.69) is 32.4 Å². The van der Waals surface area contributed by atoms with Gasteiger partial charge in [-0.25, -0.2) is 4.98 Å². The number of hydrogen-bond donors (Lipinski definition) is 2. The number of ether oxygens (including phenoxy) is 1. The predicted octanol–water partition coefficient (Wildman–Crippen LogP) is 4.97. The smallest absolute Gasteiger partial charge is 0.144 e. The summed E-state index contributed by atoms with van der Waals surface area (Å²) in [4.78, 5) is 24.8. The number of fused-ring (bicyclic) bond motifs is 2. The Hall–Kier alpha value is -3.51. The summed E-state index contributed by atoms with van der Waals surface area (Å²) in [5.41, 5.74) is 6.06. The van der Waals surface area contributed by atoms with Crippen LogP contribution in [0.15, 0.2) is 55.0 Å². The molecule has 0 bridgehead atoms.